The first kappa shape index (κ1) is 19.0. The van der Waals surface area contributed by atoms with Gasteiger partial charge in [0, 0.05) is 11.6 Å². The summed E-state index contributed by atoms with van der Waals surface area (Å²) in [7, 11) is 0. The van der Waals surface area contributed by atoms with E-state index < -0.39 is 24.4 Å². The first-order valence-corrected chi connectivity index (χ1v) is 8.08. The van der Waals surface area contributed by atoms with Crippen LogP contribution in [0.5, 0.6) is 0 Å². The van der Waals surface area contributed by atoms with Gasteiger partial charge in [0.25, 0.3) is 5.91 Å². The zero-order valence-electron chi connectivity index (χ0n) is 13.2. The van der Waals surface area contributed by atoms with Crippen LogP contribution < -0.4 is 5.32 Å². The van der Waals surface area contributed by atoms with Crippen LogP contribution >= 0.6 is 11.6 Å². The highest BCUT2D eigenvalue weighted by molar-refractivity contribution is 6.30. The Labute approximate surface area is 143 Å². The number of carbonyl (C=O) groups is 1. The Hall–Kier alpha value is -1.34. The predicted molar refractivity (Wildman–Crippen MR) is 83.6 cm³/mol. The van der Waals surface area contributed by atoms with Crippen molar-refractivity contribution in [3.8, 4) is 0 Å². The fourth-order valence-corrected chi connectivity index (χ4v) is 3.03. The van der Waals surface area contributed by atoms with Crippen molar-refractivity contribution in [2.24, 2.45) is 5.92 Å². The number of hydrogen-bond donors (Lipinski definition) is 1. The summed E-state index contributed by atoms with van der Waals surface area (Å²) in [5.41, 5.74) is 0.165. The summed E-state index contributed by atoms with van der Waals surface area (Å²) in [5.74, 6) is -0.996. The topological polar surface area (TPSA) is 32.3 Å². The van der Waals surface area contributed by atoms with Crippen molar-refractivity contribution in [2.75, 3.05) is 19.6 Å². The number of nitrogens with zero attached hydrogens (tertiary/aromatic N) is 1. The Bertz CT molecular complexity index is 586. The molecular formula is C16H19ClF4N2O. The SMILES string of the molecule is CC(NC(=O)c1ccc(Cl)c(F)c1)C1CCN(CC(F)(F)F)CC1. The van der Waals surface area contributed by atoms with Crippen molar-refractivity contribution < 1.29 is 22.4 Å². The predicted octanol–water partition coefficient (Wildman–Crippen LogP) is 3.87. The van der Waals surface area contributed by atoms with Crippen molar-refractivity contribution in [1.29, 1.82) is 0 Å². The van der Waals surface area contributed by atoms with E-state index in [1.165, 1.54) is 17.0 Å². The molecule has 3 nitrogen and oxygen atoms in total. The molecule has 0 spiro atoms. The van der Waals surface area contributed by atoms with Gasteiger partial charge >= 0.3 is 6.18 Å². The lowest BCUT2D eigenvalue weighted by molar-refractivity contribution is -0.148. The molecule has 24 heavy (non-hydrogen) atoms. The lowest BCUT2D eigenvalue weighted by Gasteiger charge is -2.35. The van der Waals surface area contributed by atoms with Crippen LogP contribution in [-0.4, -0.2) is 42.7 Å². The average molecular weight is 367 g/mol. The number of alkyl halides is 3. The molecule has 1 N–H and O–H groups in total. The monoisotopic (exact) mass is 366 g/mol. The van der Waals surface area contributed by atoms with E-state index in [1.54, 1.807) is 0 Å². The molecule has 1 aromatic rings. The fraction of sp³-hybridized carbons (Fsp3) is 0.562. The van der Waals surface area contributed by atoms with Crippen molar-refractivity contribution in [3.63, 3.8) is 0 Å². The molecule has 1 fully saturated rings. The summed E-state index contributed by atoms with van der Waals surface area (Å²) in [6.45, 7) is 1.61. The Morgan fingerprint density at radius 3 is 2.54 bits per heavy atom. The molecule has 1 aliphatic heterocycles. The van der Waals surface area contributed by atoms with Crippen LogP contribution in [0.3, 0.4) is 0 Å². The first-order valence-electron chi connectivity index (χ1n) is 7.71. The number of halogens is 5. The van der Waals surface area contributed by atoms with Gasteiger partial charge in [-0.15, -0.1) is 0 Å². The molecule has 1 aromatic carbocycles. The fourth-order valence-electron chi connectivity index (χ4n) is 2.91. The highest BCUT2D eigenvalue weighted by Crippen LogP contribution is 2.24. The Balaban J connectivity index is 1.86. The molecule has 0 aliphatic carbocycles. The van der Waals surface area contributed by atoms with Gasteiger partial charge in [-0.2, -0.15) is 13.2 Å². The molecule has 1 amide bonds. The van der Waals surface area contributed by atoms with Crippen LogP contribution in [0.1, 0.15) is 30.1 Å². The second-order valence-electron chi connectivity index (χ2n) is 6.12. The largest absolute Gasteiger partial charge is 0.401 e. The summed E-state index contributed by atoms with van der Waals surface area (Å²) < 4.78 is 50.5. The molecule has 1 unspecified atom stereocenters. The number of likely N-dealkylation sites (tertiary alicyclic amines) is 1. The van der Waals surface area contributed by atoms with Crippen LogP contribution in [-0.2, 0) is 0 Å². The zero-order chi connectivity index (χ0) is 17.9. The number of rotatable bonds is 4. The van der Waals surface area contributed by atoms with Crippen molar-refractivity contribution in [2.45, 2.75) is 32.0 Å². The summed E-state index contributed by atoms with van der Waals surface area (Å²) in [6.07, 6.45) is -3.04. The van der Waals surface area contributed by atoms with Gasteiger partial charge in [0.15, 0.2) is 0 Å². The minimum absolute atomic E-state index is 0.0587. The average Bonchev–Trinajstić information content (AvgIpc) is 2.49. The van der Waals surface area contributed by atoms with Gasteiger partial charge in [-0.1, -0.05) is 11.6 Å². The normalized spacial score (nSPS) is 18.4. The number of carbonyl (C=O) groups excluding carboxylic acids is 1. The van der Waals surface area contributed by atoms with Gasteiger partial charge < -0.3 is 5.32 Å². The van der Waals surface area contributed by atoms with E-state index in [0.717, 1.165) is 6.07 Å². The lowest BCUT2D eigenvalue weighted by atomic mass is 9.90. The minimum Gasteiger partial charge on any atom is -0.349 e. The molecule has 0 bridgehead atoms. The first-order chi connectivity index (χ1) is 11.2. The van der Waals surface area contributed by atoms with Crippen molar-refractivity contribution >= 4 is 17.5 Å². The van der Waals surface area contributed by atoms with Crippen LogP contribution in [0.25, 0.3) is 0 Å². The van der Waals surface area contributed by atoms with Gasteiger partial charge in [0.05, 0.1) is 11.6 Å². The van der Waals surface area contributed by atoms with Crippen LogP contribution in [0.2, 0.25) is 5.02 Å². The zero-order valence-corrected chi connectivity index (χ0v) is 13.9. The summed E-state index contributed by atoms with van der Waals surface area (Å²) >= 11 is 5.58. The van der Waals surface area contributed by atoms with Crippen LogP contribution in [0.4, 0.5) is 17.6 Å². The van der Waals surface area contributed by atoms with Gasteiger partial charge in [-0.3, -0.25) is 9.69 Å². The second-order valence-corrected chi connectivity index (χ2v) is 6.53. The second kappa shape index (κ2) is 7.70. The summed E-state index contributed by atoms with van der Waals surface area (Å²) in [5, 5.41) is 2.73. The molecule has 1 atom stereocenters. The van der Waals surface area contributed by atoms with Crippen LogP contribution in [0.15, 0.2) is 18.2 Å². The molecule has 8 heteroatoms. The molecule has 0 radical (unpaired) electrons. The number of nitrogens with one attached hydrogen (secondary N) is 1. The Kier molecular flexibility index (Phi) is 6.09. The molecule has 0 aromatic heterocycles. The third-order valence-electron chi connectivity index (χ3n) is 4.28. The molecule has 1 saturated heterocycles. The van der Waals surface area contributed by atoms with E-state index in [9.17, 15) is 22.4 Å². The summed E-state index contributed by atoms with van der Waals surface area (Å²) in [6, 6.07) is 3.60. The molecule has 0 saturated carbocycles. The summed E-state index contributed by atoms with van der Waals surface area (Å²) in [4.78, 5) is 13.5. The highest BCUT2D eigenvalue weighted by Gasteiger charge is 2.33. The quantitative estimate of drug-likeness (QED) is 0.820. The molecule has 134 valence electrons. The lowest BCUT2D eigenvalue weighted by Crippen LogP contribution is -2.46. The molecule has 1 aliphatic rings. The Morgan fingerprint density at radius 1 is 1.38 bits per heavy atom. The van der Waals surface area contributed by atoms with E-state index in [0.29, 0.717) is 25.9 Å². The smallest absolute Gasteiger partial charge is 0.349 e. The van der Waals surface area contributed by atoms with Gasteiger partial charge in [0.1, 0.15) is 5.82 Å². The van der Waals surface area contributed by atoms with Gasteiger partial charge in [-0.25, -0.2) is 4.39 Å². The number of piperidine rings is 1. The molecular weight excluding hydrogens is 348 g/mol. The maximum absolute atomic E-state index is 13.4. The van der Waals surface area contributed by atoms with Crippen LogP contribution in [0, 0.1) is 11.7 Å². The maximum atomic E-state index is 13.4. The minimum atomic E-state index is -4.19. The van der Waals surface area contributed by atoms with E-state index in [1.807, 2.05) is 6.92 Å². The van der Waals surface area contributed by atoms with Gasteiger partial charge in [0.2, 0.25) is 0 Å². The van der Waals surface area contributed by atoms with E-state index in [-0.39, 0.29) is 22.5 Å². The number of hydrogen-bond acceptors (Lipinski definition) is 2. The Morgan fingerprint density at radius 2 is 2.00 bits per heavy atom. The van der Waals surface area contributed by atoms with E-state index >= 15 is 0 Å². The third-order valence-corrected chi connectivity index (χ3v) is 4.59. The van der Waals surface area contributed by atoms with Gasteiger partial charge in [-0.05, 0) is 57.0 Å². The molecule has 1 heterocycles. The van der Waals surface area contributed by atoms with Crippen molar-refractivity contribution in [1.82, 2.24) is 10.2 Å². The standard InChI is InChI=1S/C16H19ClF4N2O/c1-10(11-4-6-23(7-5-11)9-16(19,20)21)22-15(24)12-2-3-13(17)14(18)8-12/h2-3,8,10-11H,4-7,9H2,1H3,(H,22,24). The van der Waals surface area contributed by atoms with E-state index in [2.05, 4.69) is 5.32 Å². The van der Waals surface area contributed by atoms with E-state index in [4.69, 9.17) is 11.6 Å². The number of benzene rings is 1. The van der Waals surface area contributed by atoms with Crippen molar-refractivity contribution in [3.05, 3.63) is 34.6 Å². The number of amides is 1. The maximum Gasteiger partial charge on any atom is 0.401 e. The molecule has 2 rings (SSSR count). The third kappa shape index (κ3) is 5.34. The highest BCUT2D eigenvalue weighted by atomic mass is 35.5.